The van der Waals surface area contributed by atoms with Crippen LogP contribution in [0, 0.1) is 0 Å². The van der Waals surface area contributed by atoms with Gasteiger partial charge in [0, 0.05) is 25.9 Å². The lowest BCUT2D eigenvalue weighted by Crippen LogP contribution is -2.37. The molecule has 2 aromatic rings. The lowest BCUT2D eigenvalue weighted by molar-refractivity contribution is 0.0894. The standard InChI is InChI=1S/C20H24N2O2/c1-22(15-18-11-7-13-24-18)20(23)21-19-12-6-5-10-17(19)14-16-8-3-2-4-9-16/h2-6,8-10,12,18H,7,11,13-15H2,1H3,(H,21,23)/t18-/m1/s1. The number of benzene rings is 2. The Labute approximate surface area is 143 Å². The summed E-state index contributed by atoms with van der Waals surface area (Å²) in [5, 5.41) is 3.04. The van der Waals surface area contributed by atoms with Gasteiger partial charge in [0.2, 0.25) is 0 Å². The maximum atomic E-state index is 12.5. The quantitative estimate of drug-likeness (QED) is 0.905. The molecule has 0 aromatic heterocycles. The number of nitrogens with zero attached hydrogens (tertiary/aromatic N) is 1. The molecule has 0 aliphatic carbocycles. The predicted molar refractivity (Wildman–Crippen MR) is 96.3 cm³/mol. The molecule has 0 saturated carbocycles. The topological polar surface area (TPSA) is 41.6 Å². The minimum Gasteiger partial charge on any atom is -0.376 e. The number of nitrogens with one attached hydrogen (secondary N) is 1. The minimum atomic E-state index is -0.0917. The van der Waals surface area contributed by atoms with Crippen molar-refractivity contribution in [2.45, 2.75) is 25.4 Å². The molecule has 0 bridgehead atoms. The van der Waals surface area contributed by atoms with Crippen LogP contribution in [0.1, 0.15) is 24.0 Å². The normalized spacial score (nSPS) is 16.8. The van der Waals surface area contributed by atoms with Crippen molar-refractivity contribution in [3.8, 4) is 0 Å². The zero-order chi connectivity index (χ0) is 16.8. The monoisotopic (exact) mass is 324 g/mol. The number of likely N-dealkylation sites (N-methyl/N-ethyl adjacent to an activating group) is 1. The van der Waals surface area contributed by atoms with E-state index in [1.165, 1.54) is 5.56 Å². The Bertz CT molecular complexity index is 666. The molecular weight excluding hydrogens is 300 g/mol. The fourth-order valence-electron chi connectivity index (χ4n) is 3.00. The van der Waals surface area contributed by atoms with Gasteiger partial charge < -0.3 is 15.0 Å². The molecule has 1 atom stereocenters. The first-order valence-corrected chi connectivity index (χ1v) is 8.48. The Hall–Kier alpha value is -2.33. The molecule has 1 heterocycles. The number of ether oxygens (including phenoxy) is 1. The van der Waals surface area contributed by atoms with Crippen molar-refractivity contribution in [2.24, 2.45) is 0 Å². The van der Waals surface area contributed by atoms with Gasteiger partial charge in [0.25, 0.3) is 0 Å². The summed E-state index contributed by atoms with van der Waals surface area (Å²) >= 11 is 0. The third-order valence-corrected chi connectivity index (χ3v) is 4.34. The fraction of sp³-hybridized carbons (Fsp3) is 0.350. The molecule has 1 aliphatic rings. The van der Waals surface area contributed by atoms with Gasteiger partial charge in [0.15, 0.2) is 0 Å². The van der Waals surface area contributed by atoms with Crippen molar-refractivity contribution in [2.75, 3.05) is 25.5 Å². The van der Waals surface area contributed by atoms with Gasteiger partial charge in [-0.15, -0.1) is 0 Å². The van der Waals surface area contributed by atoms with Gasteiger partial charge in [-0.1, -0.05) is 48.5 Å². The van der Waals surface area contributed by atoms with E-state index < -0.39 is 0 Å². The number of hydrogen-bond donors (Lipinski definition) is 1. The van der Waals surface area contributed by atoms with Crippen LogP contribution in [0.2, 0.25) is 0 Å². The van der Waals surface area contributed by atoms with Crippen LogP contribution in [0.25, 0.3) is 0 Å². The number of rotatable bonds is 5. The van der Waals surface area contributed by atoms with Crippen LogP contribution in [0.4, 0.5) is 10.5 Å². The Morgan fingerprint density at radius 1 is 1.17 bits per heavy atom. The highest BCUT2D eigenvalue weighted by Crippen LogP contribution is 2.20. The predicted octanol–water partition coefficient (Wildman–Crippen LogP) is 3.92. The van der Waals surface area contributed by atoms with Crippen molar-refractivity contribution in [3.05, 3.63) is 65.7 Å². The van der Waals surface area contributed by atoms with E-state index in [0.29, 0.717) is 6.54 Å². The summed E-state index contributed by atoms with van der Waals surface area (Å²) in [6, 6.07) is 18.2. The van der Waals surface area contributed by atoms with Gasteiger partial charge in [-0.3, -0.25) is 0 Å². The molecule has 4 nitrogen and oxygen atoms in total. The highest BCUT2D eigenvalue weighted by molar-refractivity contribution is 5.90. The molecule has 0 unspecified atom stereocenters. The summed E-state index contributed by atoms with van der Waals surface area (Å²) < 4.78 is 5.61. The fourth-order valence-corrected chi connectivity index (χ4v) is 3.00. The summed E-state index contributed by atoms with van der Waals surface area (Å²) in [6.07, 6.45) is 3.08. The van der Waals surface area contributed by atoms with Crippen LogP contribution in [-0.2, 0) is 11.2 Å². The maximum absolute atomic E-state index is 12.5. The van der Waals surface area contributed by atoms with Crippen molar-refractivity contribution in [1.82, 2.24) is 4.90 Å². The summed E-state index contributed by atoms with van der Waals surface area (Å²) in [6.45, 7) is 1.44. The number of para-hydroxylation sites is 1. The van der Waals surface area contributed by atoms with Crippen molar-refractivity contribution in [1.29, 1.82) is 0 Å². The Morgan fingerprint density at radius 3 is 2.67 bits per heavy atom. The lowest BCUT2D eigenvalue weighted by atomic mass is 10.0. The van der Waals surface area contributed by atoms with Crippen LogP contribution in [0.15, 0.2) is 54.6 Å². The van der Waals surface area contributed by atoms with Crippen LogP contribution in [0.5, 0.6) is 0 Å². The number of carbonyl (C=O) groups excluding carboxylic acids is 1. The molecule has 0 radical (unpaired) electrons. The van der Waals surface area contributed by atoms with Crippen molar-refractivity contribution < 1.29 is 9.53 Å². The molecule has 1 aliphatic heterocycles. The minimum absolute atomic E-state index is 0.0917. The number of amides is 2. The van der Waals surface area contributed by atoms with Crippen molar-refractivity contribution >= 4 is 11.7 Å². The Kier molecular flexibility index (Phi) is 5.49. The van der Waals surface area contributed by atoms with Gasteiger partial charge in [-0.25, -0.2) is 4.79 Å². The smallest absolute Gasteiger partial charge is 0.321 e. The Balaban J connectivity index is 1.64. The molecule has 1 fully saturated rings. The van der Waals surface area contributed by atoms with Gasteiger partial charge in [-0.05, 0) is 36.5 Å². The molecule has 126 valence electrons. The second-order valence-corrected chi connectivity index (χ2v) is 6.27. The molecule has 0 spiro atoms. The summed E-state index contributed by atoms with van der Waals surface area (Å²) in [5.41, 5.74) is 3.21. The average molecular weight is 324 g/mol. The van der Waals surface area contributed by atoms with Crippen LogP contribution >= 0.6 is 0 Å². The van der Waals surface area contributed by atoms with Crippen LogP contribution in [-0.4, -0.2) is 37.2 Å². The van der Waals surface area contributed by atoms with E-state index >= 15 is 0 Å². The second kappa shape index (κ2) is 7.97. The van der Waals surface area contributed by atoms with Crippen LogP contribution < -0.4 is 5.32 Å². The first kappa shape index (κ1) is 16.5. The molecule has 3 rings (SSSR count). The first-order valence-electron chi connectivity index (χ1n) is 8.48. The molecule has 4 heteroatoms. The maximum Gasteiger partial charge on any atom is 0.321 e. The highest BCUT2D eigenvalue weighted by Gasteiger charge is 2.20. The zero-order valence-corrected chi connectivity index (χ0v) is 14.1. The molecular formula is C20H24N2O2. The van der Waals surface area contributed by atoms with Gasteiger partial charge in [0.05, 0.1) is 6.10 Å². The number of urea groups is 1. The van der Waals surface area contributed by atoms with E-state index in [2.05, 4.69) is 23.5 Å². The SMILES string of the molecule is CN(C[C@H]1CCCO1)C(=O)Nc1ccccc1Cc1ccccc1. The number of anilines is 1. The van der Waals surface area contributed by atoms with E-state index in [4.69, 9.17) is 4.74 Å². The van der Waals surface area contributed by atoms with Gasteiger partial charge in [0.1, 0.15) is 0 Å². The third kappa shape index (κ3) is 4.36. The second-order valence-electron chi connectivity index (χ2n) is 6.27. The lowest BCUT2D eigenvalue weighted by Gasteiger charge is -2.22. The number of carbonyl (C=O) groups is 1. The van der Waals surface area contributed by atoms with Gasteiger partial charge >= 0.3 is 6.03 Å². The Morgan fingerprint density at radius 2 is 1.92 bits per heavy atom. The molecule has 24 heavy (non-hydrogen) atoms. The van der Waals surface area contributed by atoms with Crippen LogP contribution in [0.3, 0.4) is 0 Å². The van der Waals surface area contributed by atoms with E-state index in [9.17, 15) is 4.79 Å². The third-order valence-electron chi connectivity index (χ3n) is 4.34. The molecule has 2 aromatic carbocycles. The van der Waals surface area contributed by atoms with Crippen molar-refractivity contribution in [3.63, 3.8) is 0 Å². The molecule has 2 amide bonds. The summed E-state index contributed by atoms with van der Waals surface area (Å²) in [7, 11) is 1.82. The van der Waals surface area contributed by atoms with Gasteiger partial charge in [-0.2, -0.15) is 0 Å². The first-order chi connectivity index (χ1) is 11.7. The largest absolute Gasteiger partial charge is 0.376 e. The molecule has 1 saturated heterocycles. The van der Waals surface area contributed by atoms with E-state index in [1.54, 1.807) is 4.90 Å². The van der Waals surface area contributed by atoms with E-state index in [1.807, 2.05) is 43.4 Å². The zero-order valence-electron chi connectivity index (χ0n) is 14.1. The average Bonchev–Trinajstić information content (AvgIpc) is 3.10. The van der Waals surface area contributed by atoms with E-state index in [-0.39, 0.29) is 12.1 Å². The van der Waals surface area contributed by atoms with E-state index in [0.717, 1.165) is 37.1 Å². The number of hydrogen-bond acceptors (Lipinski definition) is 2. The summed E-state index contributed by atoms with van der Waals surface area (Å²) in [5.74, 6) is 0. The molecule has 1 N–H and O–H groups in total. The highest BCUT2D eigenvalue weighted by atomic mass is 16.5. The summed E-state index contributed by atoms with van der Waals surface area (Å²) in [4.78, 5) is 14.2.